The van der Waals surface area contributed by atoms with E-state index in [1.54, 1.807) is 13.0 Å². The predicted octanol–water partition coefficient (Wildman–Crippen LogP) is 1.30. The Bertz CT molecular complexity index is 246. The minimum absolute atomic E-state index is 0.455. The Labute approximate surface area is 73.2 Å². The Morgan fingerprint density at radius 2 is 2.08 bits per heavy atom. The second-order valence-electron chi connectivity index (χ2n) is 2.35. The molecule has 12 heavy (non-hydrogen) atoms. The van der Waals surface area contributed by atoms with E-state index in [0.717, 1.165) is 0 Å². The average molecular weight is 165 g/mol. The van der Waals surface area contributed by atoms with Crippen LogP contribution >= 0.6 is 0 Å². The van der Waals surface area contributed by atoms with Crippen molar-refractivity contribution in [3.8, 4) is 0 Å². The van der Waals surface area contributed by atoms with Crippen LogP contribution in [0.15, 0.2) is 41.3 Å². The van der Waals surface area contributed by atoms with Crippen molar-refractivity contribution in [2.75, 3.05) is 0 Å². The molecule has 0 radical (unpaired) electrons. The number of aliphatic imine (C=N–C) groups is 1. The molecule has 3 heteroatoms. The zero-order valence-corrected chi connectivity index (χ0v) is 7.54. The summed E-state index contributed by atoms with van der Waals surface area (Å²) >= 11 is 0. The lowest BCUT2D eigenvalue weighted by atomic mass is 10.2. The molecule has 0 aliphatic carbocycles. The van der Waals surface area contributed by atoms with Gasteiger partial charge < -0.3 is 11.5 Å². The van der Waals surface area contributed by atoms with Gasteiger partial charge in [0, 0.05) is 11.9 Å². The SMILES string of the molecule is C=C(C)N=C(/C=C\C)C(N)=CN. The smallest absolute Gasteiger partial charge is 0.0873 e. The average Bonchev–Trinajstić information content (AvgIpc) is 2.01. The predicted molar refractivity (Wildman–Crippen MR) is 53.5 cm³/mol. The maximum Gasteiger partial charge on any atom is 0.0873 e. The fourth-order valence-electron chi connectivity index (χ4n) is 0.647. The number of hydrogen-bond donors (Lipinski definition) is 2. The first kappa shape index (κ1) is 10.5. The van der Waals surface area contributed by atoms with E-state index in [-0.39, 0.29) is 0 Å². The molecule has 0 aliphatic rings. The first-order valence-corrected chi connectivity index (χ1v) is 3.66. The molecule has 0 rings (SSSR count). The summed E-state index contributed by atoms with van der Waals surface area (Å²) < 4.78 is 0. The summed E-state index contributed by atoms with van der Waals surface area (Å²) in [6.45, 7) is 7.33. The van der Waals surface area contributed by atoms with E-state index in [9.17, 15) is 0 Å². The molecule has 0 heterocycles. The van der Waals surface area contributed by atoms with Gasteiger partial charge in [-0.2, -0.15) is 0 Å². The molecule has 0 aliphatic heterocycles. The van der Waals surface area contributed by atoms with E-state index in [2.05, 4.69) is 11.6 Å². The van der Waals surface area contributed by atoms with E-state index in [4.69, 9.17) is 11.5 Å². The van der Waals surface area contributed by atoms with Crippen molar-refractivity contribution in [1.29, 1.82) is 0 Å². The van der Waals surface area contributed by atoms with Crippen molar-refractivity contribution in [3.63, 3.8) is 0 Å². The topological polar surface area (TPSA) is 64.4 Å². The molecule has 0 fully saturated rings. The van der Waals surface area contributed by atoms with Crippen molar-refractivity contribution in [3.05, 3.63) is 36.3 Å². The zero-order chi connectivity index (χ0) is 9.56. The first-order chi connectivity index (χ1) is 5.61. The largest absolute Gasteiger partial charge is 0.403 e. The molecule has 0 aromatic heterocycles. The summed E-state index contributed by atoms with van der Waals surface area (Å²) in [6.07, 6.45) is 4.95. The molecule has 0 amide bonds. The summed E-state index contributed by atoms with van der Waals surface area (Å²) in [4.78, 5) is 4.10. The number of rotatable bonds is 3. The Morgan fingerprint density at radius 1 is 1.50 bits per heavy atom. The van der Waals surface area contributed by atoms with Crippen molar-refractivity contribution in [1.82, 2.24) is 0 Å². The number of allylic oxidation sites excluding steroid dienone is 3. The van der Waals surface area contributed by atoms with Crippen LogP contribution in [0.1, 0.15) is 13.8 Å². The Kier molecular flexibility index (Phi) is 4.53. The molecule has 0 saturated carbocycles. The van der Waals surface area contributed by atoms with Gasteiger partial charge in [0.2, 0.25) is 0 Å². The lowest BCUT2D eigenvalue weighted by Gasteiger charge is -1.99. The minimum atomic E-state index is 0.455. The van der Waals surface area contributed by atoms with Crippen LogP contribution in [0.5, 0.6) is 0 Å². The third-order valence-electron chi connectivity index (χ3n) is 1.11. The van der Waals surface area contributed by atoms with Gasteiger partial charge in [0.05, 0.1) is 11.4 Å². The summed E-state index contributed by atoms with van der Waals surface area (Å²) in [6, 6.07) is 0. The minimum Gasteiger partial charge on any atom is -0.403 e. The third kappa shape index (κ3) is 3.61. The highest BCUT2D eigenvalue weighted by molar-refractivity contribution is 6.08. The van der Waals surface area contributed by atoms with Gasteiger partial charge in [0.15, 0.2) is 0 Å². The molecule has 66 valence electrons. The van der Waals surface area contributed by atoms with Gasteiger partial charge in [-0.1, -0.05) is 12.7 Å². The summed E-state index contributed by atoms with van der Waals surface area (Å²) in [5, 5.41) is 0. The molecule has 0 spiro atoms. The molecular formula is C9H15N3. The quantitative estimate of drug-likeness (QED) is 0.619. The van der Waals surface area contributed by atoms with Crippen LogP contribution in [0.2, 0.25) is 0 Å². The highest BCUT2D eigenvalue weighted by Crippen LogP contribution is 1.97. The normalized spacial score (nSPS) is 13.8. The van der Waals surface area contributed by atoms with Gasteiger partial charge in [0.1, 0.15) is 0 Å². The molecule has 0 unspecified atom stereocenters. The van der Waals surface area contributed by atoms with Crippen molar-refractivity contribution in [2.45, 2.75) is 13.8 Å². The molecule has 4 N–H and O–H groups in total. The Balaban J connectivity index is 4.79. The lowest BCUT2D eigenvalue weighted by molar-refractivity contribution is 1.30. The van der Waals surface area contributed by atoms with Crippen LogP contribution in [-0.4, -0.2) is 5.71 Å². The van der Waals surface area contributed by atoms with Crippen LogP contribution in [0.3, 0.4) is 0 Å². The highest BCUT2D eigenvalue weighted by Gasteiger charge is 1.96. The van der Waals surface area contributed by atoms with Crippen LogP contribution in [-0.2, 0) is 0 Å². The van der Waals surface area contributed by atoms with E-state index in [1.807, 2.05) is 13.0 Å². The van der Waals surface area contributed by atoms with Crippen LogP contribution < -0.4 is 11.5 Å². The summed E-state index contributed by atoms with van der Waals surface area (Å²) in [5.74, 6) is 0. The van der Waals surface area contributed by atoms with E-state index < -0.39 is 0 Å². The monoisotopic (exact) mass is 165 g/mol. The molecule has 0 atom stereocenters. The highest BCUT2D eigenvalue weighted by atomic mass is 14.8. The van der Waals surface area contributed by atoms with Gasteiger partial charge in [-0.15, -0.1) is 0 Å². The Morgan fingerprint density at radius 3 is 2.42 bits per heavy atom. The zero-order valence-electron chi connectivity index (χ0n) is 7.54. The van der Waals surface area contributed by atoms with Crippen molar-refractivity contribution >= 4 is 5.71 Å². The number of nitrogens with two attached hydrogens (primary N) is 2. The molecule has 0 aromatic carbocycles. The summed E-state index contributed by atoms with van der Waals surface area (Å²) in [7, 11) is 0. The van der Waals surface area contributed by atoms with Crippen LogP contribution in [0.4, 0.5) is 0 Å². The number of hydrogen-bond acceptors (Lipinski definition) is 3. The fraction of sp³-hybridized carbons (Fsp3) is 0.222. The van der Waals surface area contributed by atoms with E-state index in [0.29, 0.717) is 17.1 Å². The molecule has 0 saturated heterocycles. The second-order valence-corrected chi connectivity index (χ2v) is 2.35. The van der Waals surface area contributed by atoms with Crippen LogP contribution in [0, 0.1) is 0 Å². The number of nitrogens with zero attached hydrogens (tertiary/aromatic N) is 1. The maximum atomic E-state index is 5.56. The van der Waals surface area contributed by atoms with Gasteiger partial charge in [-0.25, -0.2) is 0 Å². The second kappa shape index (κ2) is 5.18. The first-order valence-electron chi connectivity index (χ1n) is 3.66. The van der Waals surface area contributed by atoms with Gasteiger partial charge >= 0.3 is 0 Å². The van der Waals surface area contributed by atoms with Crippen molar-refractivity contribution in [2.24, 2.45) is 16.5 Å². The molecule has 0 aromatic rings. The molecular weight excluding hydrogens is 150 g/mol. The third-order valence-corrected chi connectivity index (χ3v) is 1.11. The summed E-state index contributed by atoms with van der Waals surface area (Å²) in [5.41, 5.74) is 12.6. The standard InChI is InChI=1S/C9H15N3/c1-4-5-9(8(11)6-10)12-7(2)3/h4-6H,2,10-11H2,1,3H3/b5-4-,8-6?,12-9?. The maximum absolute atomic E-state index is 5.56. The van der Waals surface area contributed by atoms with Gasteiger partial charge in [-0.3, -0.25) is 4.99 Å². The van der Waals surface area contributed by atoms with E-state index in [1.165, 1.54) is 6.20 Å². The van der Waals surface area contributed by atoms with Gasteiger partial charge in [-0.05, 0) is 19.9 Å². The lowest BCUT2D eigenvalue weighted by Crippen LogP contribution is -2.11. The molecule has 0 bridgehead atoms. The Hall–Kier alpha value is -1.51. The van der Waals surface area contributed by atoms with E-state index >= 15 is 0 Å². The molecule has 3 nitrogen and oxygen atoms in total. The van der Waals surface area contributed by atoms with Crippen molar-refractivity contribution < 1.29 is 0 Å². The van der Waals surface area contributed by atoms with Gasteiger partial charge in [0.25, 0.3) is 0 Å². The van der Waals surface area contributed by atoms with Crippen LogP contribution in [0.25, 0.3) is 0 Å². The fourth-order valence-corrected chi connectivity index (χ4v) is 0.647.